The third kappa shape index (κ3) is 8.46. The molecule has 0 saturated carbocycles. The zero-order valence-corrected chi connectivity index (χ0v) is 21.2. The minimum atomic E-state index is -1.26. The van der Waals surface area contributed by atoms with Crippen molar-refractivity contribution in [2.75, 3.05) is 5.01 Å². The Labute approximate surface area is 227 Å². The van der Waals surface area contributed by atoms with Crippen molar-refractivity contribution in [3.8, 4) is 0 Å². The van der Waals surface area contributed by atoms with Gasteiger partial charge in [-0.3, -0.25) is 20.0 Å². The molecule has 0 radical (unpaired) electrons. The molecule has 0 fully saturated rings. The molecule has 0 aliphatic heterocycles. The Hall–Kier alpha value is -5.11. The van der Waals surface area contributed by atoms with Crippen LogP contribution in [0.2, 0.25) is 0 Å². The second-order valence-corrected chi connectivity index (χ2v) is 8.59. The highest BCUT2D eigenvalue weighted by Gasteiger charge is 2.27. The van der Waals surface area contributed by atoms with E-state index in [4.69, 9.17) is 9.47 Å². The van der Waals surface area contributed by atoms with Crippen LogP contribution in [0.25, 0.3) is 0 Å². The number of rotatable bonds is 11. The Morgan fingerprint density at radius 1 is 0.615 bits per heavy atom. The standard InChI is InChI=1S/C31H29N3O5/c35-29(38-22-24-13-5-1-6-14-24)21-28(32-31(37)39-23-25-15-7-2-8-16-25)30(36)33-34(26-17-9-3-10-18-26)27-19-11-4-12-20-27/h1-20,28H,21-23H2,(H,32,37)(H,33,36)/t28-/m1/s1. The van der Waals surface area contributed by atoms with Gasteiger partial charge in [-0.05, 0) is 35.4 Å². The van der Waals surface area contributed by atoms with E-state index in [0.29, 0.717) is 11.4 Å². The maximum absolute atomic E-state index is 13.5. The summed E-state index contributed by atoms with van der Waals surface area (Å²) in [5, 5.41) is 4.11. The fourth-order valence-corrected chi connectivity index (χ4v) is 3.70. The normalized spacial score (nSPS) is 11.1. The molecule has 1 atom stereocenters. The first-order valence-electron chi connectivity index (χ1n) is 12.5. The quantitative estimate of drug-likeness (QED) is 0.205. The van der Waals surface area contributed by atoms with E-state index in [9.17, 15) is 14.4 Å². The minimum absolute atomic E-state index is 0.0135. The summed E-state index contributed by atoms with van der Waals surface area (Å²) in [7, 11) is 0. The molecule has 0 heterocycles. The molecule has 0 aliphatic rings. The second-order valence-electron chi connectivity index (χ2n) is 8.59. The molecule has 39 heavy (non-hydrogen) atoms. The number of ether oxygens (including phenoxy) is 2. The summed E-state index contributed by atoms with van der Waals surface area (Å²) in [6.07, 6.45) is -1.22. The molecule has 198 valence electrons. The van der Waals surface area contributed by atoms with Crippen LogP contribution in [-0.2, 0) is 32.3 Å². The van der Waals surface area contributed by atoms with E-state index < -0.39 is 30.4 Å². The number of benzene rings is 4. The molecule has 0 aromatic heterocycles. The van der Waals surface area contributed by atoms with Gasteiger partial charge < -0.3 is 14.8 Å². The lowest BCUT2D eigenvalue weighted by Gasteiger charge is -2.28. The predicted molar refractivity (Wildman–Crippen MR) is 148 cm³/mol. The smallest absolute Gasteiger partial charge is 0.408 e. The van der Waals surface area contributed by atoms with Crippen LogP contribution in [0.1, 0.15) is 17.5 Å². The fourth-order valence-electron chi connectivity index (χ4n) is 3.70. The van der Waals surface area contributed by atoms with Gasteiger partial charge in [0.15, 0.2) is 0 Å². The number of anilines is 2. The van der Waals surface area contributed by atoms with Gasteiger partial charge in [0.1, 0.15) is 19.3 Å². The van der Waals surface area contributed by atoms with E-state index in [-0.39, 0.29) is 13.2 Å². The third-order valence-electron chi connectivity index (χ3n) is 5.69. The van der Waals surface area contributed by atoms with Crippen molar-refractivity contribution in [3.05, 3.63) is 132 Å². The first-order chi connectivity index (χ1) is 19.1. The zero-order chi connectivity index (χ0) is 27.3. The van der Waals surface area contributed by atoms with Gasteiger partial charge in [0.25, 0.3) is 5.91 Å². The van der Waals surface area contributed by atoms with E-state index in [0.717, 1.165) is 11.1 Å². The average Bonchev–Trinajstić information content (AvgIpc) is 2.99. The molecule has 0 aliphatic carbocycles. The van der Waals surface area contributed by atoms with Crippen molar-refractivity contribution in [1.82, 2.24) is 10.7 Å². The van der Waals surface area contributed by atoms with Crippen LogP contribution < -0.4 is 15.8 Å². The Balaban J connectivity index is 1.47. The summed E-state index contributed by atoms with van der Waals surface area (Å²) >= 11 is 0. The van der Waals surface area contributed by atoms with Crippen LogP contribution in [0.15, 0.2) is 121 Å². The lowest BCUT2D eigenvalue weighted by molar-refractivity contribution is -0.147. The Bertz CT molecular complexity index is 1240. The number of hydrogen-bond donors (Lipinski definition) is 2. The number of alkyl carbamates (subject to hydrolysis) is 1. The molecule has 0 bridgehead atoms. The lowest BCUT2D eigenvalue weighted by Crippen LogP contribution is -2.52. The molecule has 0 saturated heterocycles. The molecule has 8 heteroatoms. The topological polar surface area (TPSA) is 97.0 Å². The van der Waals surface area contributed by atoms with Crippen LogP contribution in [0.5, 0.6) is 0 Å². The van der Waals surface area contributed by atoms with Crippen LogP contribution >= 0.6 is 0 Å². The van der Waals surface area contributed by atoms with E-state index >= 15 is 0 Å². The van der Waals surface area contributed by atoms with Gasteiger partial charge in [-0.25, -0.2) is 4.79 Å². The molecule has 0 unspecified atom stereocenters. The molecular weight excluding hydrogens is 494 g/mol. The van der Waals surface area contributed by atoms with Gasteiger partial charge in [0.2, 0.25) is 0 Å². The fraction of sp³-hybridized carbons (Fsp3) is 0.129. The second kappa shape index (κ2) is 14.0. The monoisotopic (exact) mass is 523 g/mol. The molecule has 4 aromatic carbocycles. The van der Waals surface area contributed by atoms with E-state index in [1.807, 2.05) is 121 Å². The molecule has 2 amide bonds. The number of hydrazine groups is 1. The van der Waals surface area contributed by atoms with Gasteiger partial charge in [-0.1, -0.05) is 97.1 Å². The van der Waals surface area contributed by atoms with Crippen molar-refractivity contribution >= 4 is 29.3 Å². The third-order valence-corrected chi connectivity index (χ3v) is 5.69. The largest absolute Gasteiger partial charge is 0.461 e. The molecule has 2 N–H and O–H groups in total. The highest BCUT2D eigenvalue weighted by Crippen LogP contribution is 2.22. The Kier molecular flexibility index (Phi) is 9.67. The average molecular weight is 524 g/mol. The van der Waals surface area contributed by atoms with Crippen molar-refractivity contribution in [3.63, 3.8) is 0 Å². The Morgan fingerprint density at radius 3 is 1.54 bits per heavy atom. The first-order valence-corrected chi connectivity index (χ1v) is 12.5. The van der Waals surface area contributed by atoms with E-state index in [1.54, 1.807) is 5.01 Å². The van der Waals surface area contributed by atoms with Gasteiger partial charge >= 0.3 is 12.1 Å². The van der Waals surface area contributed by atoms with Crippen molar-refractivity contribution < 1.29 is 23.9 Å². The number of nitrogens with zero attached hydrogens (tertiary/aromatic N) is 1. The number of hydrogen-bond acceptors (Lipinski definition) is 6. The SMILES string of the molecule is O=C(C[C@@H](NC(=O)OCc1ccccc1)C(=O)NN(c1ccccc1)c1ccccc1)OCc1ccccc1. The number of amides is 2. The van der Waals surface area contributed by atoms with Crippen LogP contribution in [0.4, 0.5) is 16.2 Å². The van der Waals surface area contributed by atoms with Crippen molar-refractivity contribution in [2.24, 2.45) is 0 Å². The molecule has 0 spiro atoms. The lowest BCUT2D eigenvalue weighted by atomic mass is 10.2. The summed E-state index contributed by atoms with van der Waals surface area (Å²) in [5.41, 5.74) is 5.80. The maximum atomic E-state index is 13.5. The Morgan fingerprint density at radius 2 is 1.05 bits per heavy atom. The number of carbonyl (C=O) groups is 3. The molecule has 4 aromatic rings. The zero-order valence-electron chi connectivity index (χ0n) is 21.2. The number of esters is 1. The maximum Gasteiger partial charge on any atom is 0.408 e. The van der Waals surface area contributed by atoms with Gasteiger partial charge in [-0.15, -0.1) is 0 Å². The number of nitrogens with one attached hydrogen (secondary N) is 2. The summed E-state index contributed by atoms with van der Waals surface area (Å²) in [6, 6.07) is 35.5. The summed E-state index contributed by atoms with van der Waals surface area (Å²) in [5.74, 6) is -1.26. The van der Waals surface area contributed by atoms with E-state index in [2.05, 4.69) is 10.7 Å². The minimum Gasteiger partial charge on any atom is -0.461 e. The van der Waals surface area contributed by atoms with Crippen molar-refractivity contribution in [1.29, 1.82) is 0 Å². The highest BCUT2D eigenvalue weighted by molar-refractivity contribution is 5.91. The first kappa shape index (κ1) is 26.9. The van der Waals surface area contributed by atoms with Crippen molar-refractivity contribution in [2.45, 2.75) is 25.7 Å². The molecule has 4 rings (SSSR count). The van der Waals surface area contributed by atoms with Crippen LogP contribution in [-0.4, -0.2) is 24.0 Å². The number of para-hydroxylation sites is 2. The van der Waals surface area contributed by atoms with Gasteiger partial charge in [0, 0.05) is 0 Å². The van der Waals surface area contributed by atoms with E-state index in [1.165, 1.54) is 0 Å². The predicted octanol–water partition coefficient (Wildman–Crippen LogP) is 5.28. The van der Waals surface area contributed by atoms with Gasteiger partial charge in [-0.2, -0.15) is 0 Å². The van der Waals surface area contributed by atoms with Crippen LogP contribution in [0, 0.1) is 0 Å². The summed E-state index contributed by atoms with van der Waals surface area (Å²) in [6.45, 7) is 0.0617. The number of carbonyl (C=O) groups excluding carboxylic acids is 3. The highest BCUT2D eigenvalue weighted by atomic mass is 16.5. The van der Waals surface area contributed by atoms with Gasteiger partial charge in [0.05, 0.1) is 17.8 Å². The molecule has 8 nitrogen and oxygen atoms in total. The summed E-state index contributed by atoms with van der Waals surface area (Å²) < 4.78 is 10.7. The van der Waals surface area contributed by atoms with Crippen LogP contribution in [0.3, 0.4) is 0 Å². The summed E-state index contributed by atoms with van der Waals surface area (Å²) in [4.78, 5) is 38.8. The molecular formula is C31H29N3O5.